The lowest BCUT2D eigenvalue weighted by Crippen LogP contribution is -2.00. The minimum atomic E-state index is 0.706. The third-order valence-electron chi connectivity index (χ3n) is 0.847. The summed E-state index contributed by atoms with van der Waals surface area (Å²) < 4.78 is 0. The summed E-state index contributed by atoms with van der Waals surface area (Å²) in [6.07, 6.45) is 5.07. The Labute approximate surface area is 54.0 Å². The minimum Gasteiger partial charge on any atom is -0.152 e. The third kappa shape index (κ3) is 0.777. The highest BCUT2D eigenvalue weighted by atomic mass is 32.1. The van der Waals surface area contributed by atoms with Crippen molar-refractivity contribution >= 4 is 24.6 Å². The van der Waals surface area contributed by atoms with Crippen molar-refractivity contribution in [2.75, 3.05) is 0 Å². The highest BCUT2D eigenvalue weighted by Crippen LogP contribution is 1.98. The predicted molar refractivity (Wildman–Crippen MR) is 37.6 cm³/mol. The molecule has 0 atom stereocenters. The van der Waals surface area contributed by atoms with Crippen LogP contribution < -0.4 is 5.46 Å². The second-order valence-electron chi connectivity index (χ2n) is 1.39. The molecule has 0 aliphatic heterocycles. The number of hydrogen-bond donors (Lipinski definition) is 0. The van der Waals surface area contributed by atoms with Gasteiger partial charge in [-0.3, -0.25) is 0 Å². The predicted octanol–water partition coefficient (Wildman–Crippen LogP) is 0.523. The van der Waals surface area contributed by atoms with Gasteiger partial charge in [0, 0.05) is 10.9 Å². The first-order valence-electron chi connectivity index (χ1n) is 2.13. The molecular formula is C6H3BS. The summed E-state index contributed by atoms with van der Waals surface area (Å²) in [5.41, 5.74) is 1.51. The molecule has 1 rings (SSSR count). The monoisotopic (exact) mass is 118 g/mol. The van der Waals surface area contributed by atoms with Crippen LogP contribution in [0.2, 0.25) is 0 Å². The Morgan fingerprint density at radius 1 is 1.62 bits per heavy atom. The Morgan fingerprint density at radius 3 is 2.62 bits per heavy atom. The maximum atomic E-state index is 5.42. The number of hydrogen-bond acceptors (Lipinski definition) is 1. The van der Waals surface area contributed by atoms with Crippen molar-refractivity contribution in [1.82, 2.24) is 0 Å². The molecule has 0 aromatic carbocycles. The lowest BCUT2D eigenvalue weighted by atomic mass is 9.96. The molecule has 0 N–H and O–H groups in total. The van der Waals surface area contributed by atoms with Crippen LogP contribution >= 0.6 is 11.3 Å². The van der Waals surface area contributed by atoms with E-state index in [1.807, 2.05) is 10.8 Å². The molecule has 1 heterocycles. The van der Waals surface area contributed by atoms with Crippen LogP contribution in [0.4, 0.5) is 0 Å². The van der Waals surface area contributed by atoms with Crippen molar-refractivity contribution < 1.29 is 0 Å². The summed E-state index contributed by atoms with van der Waals surface area (Å²) in [7, 11) is 5.42. The van der Waals surface area contributed by atoms with Crippen molar-refractivity contribution in [3.63, 3.8) is 0 Å². The Morgan fingerprint density at radius 2 is 2.38 bits per heavy atom. The summed E-state index contributed by atoms with van der Waals surface area (Å²) in [5.74, 6) is 2.46. The average Bonchev–Trinajstić information content (AvgIpc) is 2.14. The molecule has 36 valence electrons. The van der Waals surface area contributed by atoms with E-state index in [2.05, 4.69) is 5.92 Å². The number of terminal acetylenes is 1. The van der Waals surface area contributed by atoms with Gasteiger partial charge >= 0.3 is 0 Å². The molecule has 0 saturated heterocycles. The molecule has 0 aliphatic carbocycles. The lowest BCUT2D eigenvalue weighted by molar-refractivity contribution is 1.96. The van der Waals surface area contributed by atoms with Crippen LogP contribution in [0.15, 0.2) is 10.8 Å². The van der Waals surface area contributed by atoms with Crippen molar-refractivity contribution in [3.8, 4) is 12.3 Å². The van der Waals surface area contributed by atoms with E-state index in [4.69, 9.17) is 14.3 Å². The fourth-order valence-electron chi connectivity index (χ4n) is 0.424. The summed E-state index contributed by atoms with van der Waals surface area (Å²) in [6.45, 7) is 0. The zero-order chi connectivity index (χ0) is 5.98. The smallest absolute Gasteiger partial charge is 0.116 e. The summed E-state index contributed by atoms with van der Waals surface area (Å²) >= 11 is 1.52. The zero-order valence-corrected chi connectivity index (χ0v) is 5.03. The number of rotatable bonds is 0. The second kappa shape index (κ2) is 2.06. The molecule has 0 amide bonds. The Kier molecular flexibility index (Phi) is 1.41. The van der Waals surface area contributed by atoms with E-state index in [0.717, 1.165) is 5.56 Å². The van der Waals surface area contributed by atoms with Crippen LogP contribution in [-0.2, 0) is 0 Å². The molecule has 0 bridgehead atoms. The molecule has 8 heavy (non-hydrogen) atoms. The molecule has 0 nitrogen and oxygen atoms in total. The van der Waals surface area contributed by atoms with Gasteiger partial charge in [0.25, 0.3) is 0 Å². The van der Waals surface area contributed by atoms with E-state index in [1.54, 1.807) is 0 Å². The fourth-order valence-corrected chi connectivity index (χ4v) is 1.11. The molecule has 2 radical (unpaired) electrons. The Balaban J connectivity index is 3.15. The van der Waals surface area contributed by atoms with Gasteiger partial charge in [0.2, 0.25) is 0 Å². The highest BCUT2D eigenvalue weighted by molar-refractivity contribution is 7.09. The second-order valence-corrected chi connectivity index (χ2v) is 2.13. The van der Waals surface area contributed by atoms with E-state index in [0.29, 0.717) is 5.46 Å². The van der Waals surface area contributed by atoms with Crippen LogP contribution in [0.1, 0.15) is 5.56 Å². The third-order valence-corrected chi connectivity index (χ3v) is 1.61. The Hall–Kier alpha value is -0.675. The van der Waals surface area contributed by atoms with Gasteiger partial charge in [0.1, 0.15) is 7.85 Å². The average molecular weight is 118 g/mol. The van der Waals surface area contributed by atoms with E-state index < -0.39 is 0 Å². The van der Waals surface area contributed by atoms with Crippen LogP contribution in [0.5, 0.6) is 0 Å². The molecule has 0 fully saturated rings. The summed E-state index contributed by atoms with van der Waals surface area (Å²) in [5, 5.41) is 3.69. The van der Waals surface area contributed by atoms with Gasteiger partial charge in [-0.15, -0.1) is 6.42 Å². The SMILES string of the molecule is [B]c1cscc1C#C. The first-order valence-corrected chi connectivity index (χ1v) is 3.07. The van der Waals surface area contributed by atoms with Gasteiger partial charge < -0.3 is 0 Å². The molecule has 2 heteroatoms. The van der Waals surface area contributed by atoms with Crippen LogP contribution in [0.3, 0.4) is 0 Å². The van der Waals surface area contributed by atoms with E-state index in [9.17, 15) is 0 Å². The van der Waals surface area contributed by atoms with Crippen LogP contribution in [-0.4, -0.2) is 7.85 Å². The normalized spacial score (nSPS) is 8.38. The fraction of sp³-hybridized carbons (Fsp3) is 0. The Bertz CT molecular complexity index is 219. The van der Waals surface area contributed by atoms with Gasteiger partial charge in [-0.2, -0.15) is 11.3 Å². The first kappa shape index (κ1) is 5.46. The maximum absolute atomic E-state index is 5.42. The molecular weight excluding hydrogens is 115 g/mol. The van der Waals surface area contributed by atoms with Gasteiger partial charge in [-0.25, -0.2) is 0 Å². The molecule has 0 saturated carbocycles. The topological polar surface area (TPSA) is 0 Å². The molecule has 1 aromatic heterocycles. The van der Waals surface area contributed by atoms with Crippen molar-refractivity contribution in [2.24, 2.45) is 0 Å². The summed E-state index contributed by atoms with van der Waals surface area (Å²) in [4.78, 5) is 0. The standard InChI is InChI=1S/C6H3BS/c1-2-5-3-8-4-6(5)7/h1,3-4H. The molecule has 0 spiro atoms. The zero-order valence-electron chi connectivity index (χ0n) is 4.22. The van der Waals surface area contributed by atoms with Gasteiger partial charge in [0.05, 0.1) is 0 Å². The lowest BCUT2D eigenvalue weighted by Gasteiger charge is -1.80. The molecule has 1 aromatic rings. The highest BCUT2D eigenvalue weighted by Gasteiger charge is 1.90. The maximum Gasteiger partial charge on any atom is 0.116 e. The molecule has 0 aliphatic rings. The van der Waals surface area contributed by atoms with Crippen LogP contribution in [0.25, 0.3) is 0 Å². The minimum absolute atomic E-state index is 0.706. The largest absolute Gasteiger partial charge is 0.152 e. The quantitative estimate of drug-likeness (QED) is 0.344. The van der Waals surface area contributed by atoms with Gasteiger partial charge in [-0.05, 0) is 5.38 Å². The van der Waals surface area contributed by atoms with E-state index in [1.165, 1.54) is 11.3 Å². The van der Waals surface area contributed by atoms with Gasteiger partial charge in [0.15, 0.2) is 0 Å². The van der Waals surface area contributed by atoms with Gasteiger partial charge in [-0.1, -0.05) is 11.4 Å². The van der Waals surface area contributed by atoms with Crippen molar-refractivity contribution in [2.45, 2.75) is 0 Å². The van der Waals surface area contributed by atoms with E-state index in [-0.39, 0.29) is 0 Å². The van der Waals surface area contributed by atoms with Crippen molar-refractivity contribution in [1.29, 1.82) is 0 Å². The first-order chi connectivity index (χ1) is 3.84. The van der Waals surface area contributed by atoms with Crippen LogP contribution in [0, 0.1) is 12.3 Å². The molecule has 0 unspecified atom stereocenters. The van der Waals surface area contributed by atoms with E-state index >= 15 is 0 Å². The summed E-state index contributed by atoms with van der Waals surface area (Å²) in [6, 6.07) is 0. The van der Waals surface area contributed by atoms with Crippen molar-refractivity contribution in [3.05, 3.63) is 16.3 Å². The number of thiophene rings is 1.